The number of benzene rings is 2. The number of ether oxygens (including phenoxy) is 2. The molecule has 0 bridgehead atoms. The summed E-state index contributed by atoms with van der Waals surface area (Å²) in [6, 6.07) is 8.24. The van der Waals surface area contributed by atoms with Crippen LogP contribution in [0.4, 0.5) is 23.7 Å². The predicted octanol–water partition coefficient (Wildman–Crippen LogP) is -3.65. The minimum Gasteiger partial charge on any atom is -0.871 e. The first kappa shape index (κ1) is 35.3. The summed E-state index contributed by atoms with van der Waals surface area (Å²) in [5, 5.41) is 28.2. The molecule has 0 saturated carbocycles. The van der Waals surface area contributed by atoms with Gasteiger partial charge in [0.1, 0.15) is 17.2 Å². The van der Waals surface area contributed by atoms with Crippen LogP contribution in [0.3, 0.4) is 0 Å². The van der Waals surface area contributed by atoms with Crippen LogP contribution in [0.15, 0.2) is 53.3 Å². The van der Waals surface area contributed by atoms with Crippen molar-refractivity contribution in [3.8, 4) is 28.4 Å². The number of nitrogens with zero attached hydrogens (tertiary/aromatic N) is 1. The van der Waals surface area contributed by atoms with Crippen LogP contribution in [-0.4, -0.2) is 30.0 Å². The van der Waals surface area contributed by atoms with Crippen molar-refractivity contribution in [1.82, 2.24) is 9.88 Å². The molecular formula is C25H22F3N3Na2O7. The largest absolute Gasteiger partial charge is 1.00 e. The number of methoxy groups -OCH3 is 1. The maximum absolute atomic E-state index is 12.7. The Labute approximate surface area is 271 Å². The van der Waals surface area contributed by atoms with Crippen LogP contribution >= 0.6 is 0 Å². The van der Waals surface area contributed by atoms with Crippen LogP contribution in [0, 0.1) is 6.92 Å². The van der Waals surface area contributed by atoms with Gasteiger partial charge in [-0.1, -0.05) is 23.9 Å². The van der Waals surface area contributed by atoms with Crippen molar-refractivity contribution in [2.45, 2.75) is 25.7 Å². The molecule has 0 radical (unpaired) electrons. The number of anilines is 1. The van der Waals surface area contributed by atoms with Crippen LogP contribution in [-0.2, 0) is 11.8 Å². The molecule has 0 saturated heterocycles. The molecule has 10 nitrogen and oxygen atoms in total. The molecule has 0 unspecified atom stereocenters. The molecule has 0 fully saturated rings. The van der Waals surface area contributed by atoms with Gasteiger partial charge in [-0.25, -0.2) is 4.79 Å². The Morgan fingerprint density at radius 3 is 2.38 bits per heavy atom. The molecule has 1 heterocycles. The summed E-state index contributed by atoms with van der Waals surface area (Å²) in [5.74, 6) is -2.50. The number of alkyl halides is 3. The first-order valence-corrected chi connectivity index (χ1v) is 11.0. The van der Waals surface area contributed by atoms with Crippen LogP contribution in [0.2, 0.25) is 0 Å². The first-order chi connectivity index (χ1) is 17.8. The molecule has 3 aromatic rings. The molecular weight excluding hydrogens is 557 g/mol. The van der Waals surface area contributed by atoms with Gasteiger partial charge in [-0.05, 0) is 48.4 Å². The second kappa shape index (κ2) is 14.8. The molecule has 2 aromatic carbocycles. The van der Waals surface area contributed by atoms with Gasteiger partial charge in [-0.15, -0.1) is 13.2 Å². The summed E-state index contributed by atoms with van der Waals surface area (Å²) >= 11 is 0. The molecule has 40 heavy (non-hydrogen) atoms. The summed E-state index contributed by atoms with van der Waals surface area (Å²) in [6.45, 7) is 1.54. The Morgan fingerprint density at radius 2 is 1.77 bits per heavy atom. The summed E-state index contributed by atoms with van der Waals surface area (Å²) in [7, 11) is 2.74. The van der Waals surface area contributed by atoms with Crippen molar-refractivity contribution in [2.24, 2.45) is 7.05 Å². The second-order valence-electron chi connectivity index (χ2n) is 8.15. The van der Waals surface area contributed by atoms with Crippen LogP contribution in [0.25, 0.3) is 11.1 Å². The maximum atomic E-state index is 12.7. The number of carbonyl (C=O) groups is 2. The average Bonchev–Trinajstić information content (AvgIpc) is 2.83. The Hall–Kier alpha value is -2.68. The summed E-state index contributed by atoms with van der Waals surface area (Å²) in [5.41, 5.74) is -0.162. The van der Waals surface area contributed by atoms with Crippen molar-refractivity contribution in [2.75, 3.05) is 12.4 Å². The van der Waals surface area contributed by atoms with Crippen LogP contribution in [0.1, 0.15) is 23.7 Å². The van der Waals surface area contributed by atoms with Crippen molar-refractivity contribution in [3.63, 3.8) is 0 Å². The van der Waals surface area contributed by atoms with Gasteiger partial charge >= 0.3 is 71.5 Å². The number of urea groups is 1. The summed E-state index contributed by atoms with van der Waals surface area (Å²) < 4.78 is 48.5. The molecule has 0 aliphatic heterocycles. The number of pyridine rings is 1. The average molecular weight is 579 g/mol. The molecule has 2 amide bonds. The molecule has 202 valence electrons. The van der Waals surface area contributed by atoms with Gasteiger partial charge in [-0.3, -0.25) is 4.79 Å². The van der Waals surface area contributed by atoms with Crippen LogP contribution < -0.4 is 95.0 Å². The number of aryl methyl sites for hydroxylation is 1. The van der Waals surface area contributed by atoms with Gasteiger partial charge in [0.05, 0.1) is 13.2 Å². The number of aromatic nitrogens is 1. The Balaban J connectivity index is 0.00000400. The van der Waals surface area contributed by atoms with Gasteiger partial charge in [0.25, 0.3) is 5.56 Å². The van der Waals surface area contributed by atoms with E-state index >= 15 is 0 Å². The van der Waals surface area contributed by atoms with Gasteiger partial charge < -0.3 is 39.7 Å². The second-order valence-corrected chi connectivity index (χ2v) is 8.15. The first-order valence-electron chi connectivity index (χ1n) is 11.0. The molecule has 3 rings (SSSR count). The number of carboxylic acids is 1. The van der Waals surface area contributed by atoms with E-state index in [2.05, 4.69) is 15.4 Å². The minimum absolute atomic E-state index is 0. The molecule has 0 spiro atoms. The van der Waals surface area contributed by atoms with Crippen molar-refractivity contribution in [1.29, 1.82) is 0 Å². The van der Waals surface area contributed by atoms with E-state index in [4.69, 9.17) is 4.74 Å². The number of halogens is 3. The number of amides is 2. The number of carbonyl (C=O) groups excluding carboxylic acids is 2. The third-order valence-electron chi connectivity index (χ3n) is 5.55. The molecule has 0 aliphatic carbocycles. The Morgan fingerprint density at radius 1 is 1.10 bits per heavy atom. The zero-order valence-electron chi connectivity index (χ0n) is 22.3. The van der Waals surface area contributed by atoms with E-state index in [9.17, 15) is 37.8 Å². The fraction of sp³-hybridized carbons (Fsp3) is 0.240. The number of hydrogen-bond acceptors (Lipinski definition) is 7. The van der Waals surface area contributed by atoms with Crippen molar-refractivity contribution < 1.29 is 102 Å². The van der Waals surface area contributed by atoms with E-state index in [0.29, 0.717) is 5.69 Å². The number of nitrogens with one attached hydrogen (secondary N) is 2. The molecule has 1 atom stereocenters. The number of carboxylic acid groups (broad SMARTS) is 1. The van der Waals surface area contributed by atoms with Crippen molar-refractivity contribution in [3.05, 3.63) is 70.1 Å². The molecule has 1 aromatic heterocycles. The quantitative estimate of drug-likeness (QED) is 0.262. The third-order valence-corrected chi connectivity index (χ3v) is 5.55. The minimum atomic E-state index is -4.91. The number of aliphatic carboxylic acids is 1. The zero-order valence-corrected chi connectivity index (χ0v) is 26.3. The van der Waals surface area contributed by atoms with E-state index in [1.165, 1.54) is 51.4 Å². The molecule has 15 heteroatoms. The van der Waals surface area contributed by atoms with E-state index in [0.717, 1.165) is 22.8 Å². The molecule has 0 aliphatic rings. The topological polar surface area (TPSA) is 145 Å². The van der Waals surface area contributed by atoms with Crippen molar-refractivity contribution >= 4 is 17.7 Å². The Kier molecular flexibility index (Phi) is 13.1. The third kappa shape index (κ3) is 9.18. The maximum Gasteiger partial charge on any atom is 1.00 e. The summed E-state index contributed by atoms with van der Waals surface area (Å²) in [6.07, 6.45) is -5.61. The molecule has 2 N–H and O–H groups in total. The van der Waals surface area contributed by atoms with E-state index < -0.39 is 53.6 Å². The fourth-order valence-corrected chi connectivity index (χ4v) is 3.66. The predicted molar refractivity (Wildman–Crippen MR) is 125 cm³/mol. The Bertz CT molecular complexity index is 1430. The van der Waals surface area contributed by atoms with Gasteiger partial charge in [-0.2, -0.15) is 0 Å². The fourth-order valence-electron chi connectivity index (χ4n) is 3.66. The monoisotopic (exact) mass is 579 g/mol. The normalized spacial score (nSPS) is 11.3. The van der Waals surface area contributed by atoms with E-state index in [1.807, 2.05) is 0 Å². The number of rotatable bonds is 8. The standard InChI is InChI=1S/C25H24F3N3O7.2Na/c1-13-9-19(32)22(23(35)31(13)2)30-24(36)29-18(12-21(33)34)15-7-8-20(37-3)17(11-15)14-5-4-6-16(10-14)38-25(26,27)28;;/h4-11,18,32H,12H2,1-3H3,(H,33,34)(H2,29,30,36);;/q;2*+1/p-2/t18-;;/m0../s1. The van der Waals surface area contributed by atoms with E-state index in [-0.39, 0.29) is 81.6 Å². The van der Waals surface area contributed by atoms with E-state index in [1.54, 1.807) is 0 Å². The SMILES string of the molecule is COc1ccc([C@H](CC(=O)[O-])NC(=O)Nc2c([O-])cc(C)n(C)c2=O)cc1-c1cccc(OC(F)(F)F)c1.[Na+].[Na+]. The van der Waals surface area contributed by atoms with Gasteiger partial charge in [0.2, 0.25) is 0 Å². The smallest absolute Gasteiger partial charge is 0.871 e. The van der Waals surface area contributed by atoms with Gasteiger partial charge in [0.15, 0.2) is 0 Å². The zero-order chi connectivity index (χ0) is 28.2. The summed E-state index contributed by atoms with van der Waals surface area (Å²) in [4.78, 5) is 36.5. The number of hydrogen-bond donors (Lipinski definition) is 2. The van der Waals surface area contributed by atoms with Gasteiger partial charge in [0, 0.05) is 30.7 Å². The van der Waals surface area contributed by atoms with Crippen LogP contribution in [0.5, 0.6) is 17.2 Å².